The number of nitrogens with zero attached hydrogens (tertiary/aromatic N) is 5. The number of rotatable bonds is 4. The van der Waals surface area contributed by atoms with Gasteiger partial charge in [0.1, 0.15) is 18.1 Å². The number of nitrogens with one attached hydrogen (secondary N) is 1. The predicted molar refractivity (Wildman–Crippen MR) is 64.7 cm³/mol. The number of nitro benzene ring substituents is 1. The van der Waals surface area contributed by atoms with Crippen molar-refractivity contribution in [1.29, 1.82) is 5.26 Å². The molecular weight excluding hydrogens is 250 g/mol. The quantitative estimate of drug-likeness (QED) is 0.460. The second-order valence-electron chi connectivity index (χ2n) is 3.63. The molecule has 0 bridgehead atoms. The van der Waals surface area contributed by atoms with Crippen molar-refractivity contribution in [2.45, 2.75) is 6.54 Å². The minimum Gasteiger partial charge on any atom is -0.318 e. The number of aromatic nitrogens is 3. The van der Waals surface area contributed by atoms with Gasteiger partial charge in [0, 0.05) is 6.07 Å². The van der Waals surface area contributed by atoms with Crippen molar-refractivity contribution in [1.82, 2.24) is 14.8 Å². The molecule has 0 aliphatic carbocycles. The summed E-state index contributed by atoms with van der Waals surface area (Å²) >= 11 is 0. The Morgan fingerprint density at radius 3 is 2.95 bits per heavy atom. The lowest BCUT2D eigenvalue weighted by Crippen LogP contribution is -2.10. The zero-order valence-electron chi connectivity index (χ0n) is 9.65. The number of nitro groups is 1. The summed E-state index contributed by atoms with van der Waals surface area (Å²) in [7, 11) is 0. The summed E-state index contributed by atoms with van der Waals surface area (Å²) in [5, 5.41) is 23.3. The molecule has 0 aliphatic rings. The van der Waals surface area contributed by atoms with Crippen LogP contribution >= 0.6 is 0 Å². The van der Waals surface area contributed by atoms with Crippen LogP contribution in [0.5, 0.6) is 0 Å². The molecular formula is C10H9N7O2. The number of benzene rings is 1. The Bertz CT molecular complexity index is 658. The van der Waals surface area contributed by atoms with Gasteiger partial charge < -0.3 is 5.43 Å². The third-order valence-corrected chi connectivity index (χ3v) is 2.40. The third kappa shape index (κ3) is 2.64. The van der Waals surface area contributed by atoms with Gasteiger partial charge in [0.15, 0.2) is 0 Å². The van der Waals surface area contributed by atoms with Crippen molar-refractivity contribution >= 4 is 11.4 Å². The molecule has 1 heterocycles. The van der Waals surface area contributed by atoms with E-state index in [9.17, 15) is 10.1 Å². The van der Waals surface area contributed by atoms with Gasteiger partial charge in [0.25, 0.3) is 11.5 Å². The van der Waals surface area contributed by atoms with Crippen LogP contribution in [0.1, 0.15) is 11.4 Å². The van der Waals surface area contributed by atoms with Crippen molar-refractivity contribution in [2.24, 2.45) is 5.84 Å². The Morgan fingerprint density at radius 1 is 1.58 bits per heavy atom. The van der Waals surface area contributed by atoms with Gasteiger partial charge in [-0.05, 0) is 11.6 Å². The topological polar surface area (TPSA) is 136 Å². The fourth-order valence-electron chi connectivity index (χ4n) is 1.56. The molecule has 9 heteroatoms. The van der Waals surface area contributed by atoms with Crippen molar-refractivity contribution in [3.8, 4) is 6.07 Å². The highest BCUT2D eigenvalue weighted by molar-refractivity contribution is 5.61. The molecule has 2 rings (SSSR count). The minimum atomic E-state index is -0.527. The van der Waals surface area contributed by atoms with Crippen LogP contribution in [0.3, 0.4) is 0 Å². The third-order valence-electron chi connectivity index (χ3n) is 2.40. The van der Waals surface area contributed by atoms with Crippen molar-refractivity contribution in [3.63, 3.8) is 0 Å². The number of nitriles is 1. The molecule has 0 saturated carbocycles. The molecule has 0 aliphatic heterocycles. The normalized spacial score (nSPS) is 9.89. The zero-order valence-corrected chi connectivity index (χ0v) is 9.65. The van der Waals surface area contributed by atoms with Crippen molar-refractivity contribution < 1.29 is 4.92 Å². The molecule has 3 N–H and O–H groups in total. The maximum atomic E-state index is 10.9. The summed E-state index contributed by atoms with van der Waals surface area (Å²) in [6, 6.07) is 6.38. The van der Waals surface area contributed by atoms with Crippen LogP contribution in [0.25, 0.3) is 0 Å². The standard InChI is InChI=1S/C10H9N7O2/c11-4-10-13-6-16(15-10)5-7-1-2-8(14-12)9(3-7)17(18)19/h1-3,6,14H,5,12H2. The lowest BCUT2D eigenvalue weighted by Gasteiger charge is -2.05. The van der Waals surface area contributed by atoms with Crippen molar-refractivity contribution in [2.75, 3.05) is 5.43 Å². The zero-order chi connectivity index (χ0) is 13.8. The highest BCUT2D eigenvalue weighted by Gasteiger charge is 2.14. The molecule has 9 nitrogen and oxygen atoms in total. The van der Waals surface area contributed by atoms with E-state index in [0.717, 1.165) is 0 Å². The van der Waals surface area contributed by atoms with Crippen LogP contribution in [-0.2, 0) is 6.54 Å². The summed E-state index contributed by atoms with van der Waals surface area (Å²) < 4.78 is 1.42. The first-order valence-electron chi connectivity index (χ1n) is 5.17. The van der Waals surface area contributed by atoms with Crippen LogP contribution in [-0.4, -0.2) is 19.7 Å². The monoisotopic (exact) mass is 259 g/mol. The maximum absolute atomic E-state index is 10.9. The van der Waals surface area contributed by atoms with Crippen LogP contribution in [0, 0.1) is 21.4 Å². The van der Waals surface area contributed by atoms with E-state index in [1.54, 1.807) is 12.1 Å². The molecule has 0 atom stereocenters. The molecule has 0 radical (unpaired) electrons. The molecule has 0 unspecified atom stereocenters. The van der Waals surface area contributed by atoms with Gasteiger partial charge in [-0.25, -0.2) is 9.67 Å². The minimum absolute atomic E-state index is 0.0507. The fraction of sp³-hybridized carbons (Fsp3) is 0.100. The maximum Gasteiger partial charge on any atom is 0.293 e. The lowest BCUT2D eigenvalue weighted by atomic mass is 10.2. The molecule has 19 heavy (non-hydrogen) atoms. The second kappa shape index (κ2) is 5.11. The highest BCUT2D eigenvalue weighted by atomic mass is 16.6. The number of hydrogen-bond donors (Lipinski definition) is 2. The van der Waals surface area contributed by atoms with Gasteiger partial charge in [0.05, 0.1) is 11.5 Å². The number of hydrogen-bond acceptors (Lipinski definition) is 7. The van der Waals surface area contributed by atoms with E-state index in [2.05, 4.69) is 15.5 Å². The lowest BCUT2D eigenvalue weighted by molar-refractivity contribution is -0.384. The second-order valence-corrected chi connectivity index (χ2v) is 3.63. The number of nitrogens with two attached hydrogens (primary N) is 1. The summed E-state index contributed by atoms with van der Waals surface area (Å²) in [6.45, 7) is 0.278. The van der Waals surface area contributed by atoms with Gasteiger partial charge in [0.2, 0.25) is 0 Å². The molecule has 1 aromatic heterocycles. The first-order valence-corrected chi connectivity index (χ1v) is 5.17. The molecule has 1 aromatic carbocycles. The summed E-state index contributed by atoms with van der Waals surface area (Å²) in [5.74, 6) is 5.25. The Kier molecular flexibility index (Phi) is 3.35. The summed E-state index contributed by atoms with van der Waals surface area (Å²) in [6.07, 6.45) is 1.39. The first-order chi connectivity index (χ1) is 9.13. The summed E-state index contributed by atoms with van der Waals surface area (Å²) in [4.78, 5) is 14.1. The predicted octanol–water partition coefficient (Wildman–Crippen LogP) is 0.392. The van der Waals surface area contributed by atoms with E-state index in [1.807, 2.05) is 0 Å². The largest absolute Gasteiger partial charge is 0.318 e. The summed E-state index contributed by atoms with van der Waals surface area (Å²) in [5.41, 5.74) is 3.02. The number of nitrogen functional groups attached to an aromatic ring is 1. The van der Waals surface area contributed by atoms with Gasteiger partial charge >= 0.3 is 0 Å². The molecule has 96 valence electrons. The van der Waals surface area contributed by atoms with E-state index in [1.165, 1.54) is 23.1 Å². The number of hydrazine groups is 1. The number of anilines is 1. The SMILES string of the molecule is N#Cc1ncn(Cc2ccc(NN)c([N+](=O)[O-])c2)n1. The Balaban J connectivity index is 2.28. The van der Waals surface area contributed by atoms with E-state index >= 15 is 0 Å². The van der Waals surface area contributed by atoms with Crippen LogP contribution in [0.15, 0.2) is 24.5 Å². The van der Waals surface area contributed by atoms with Gasteiger partial charge in [-0.15, -0.1) is 5.10 Å². The van der Waals surface area contributed by atoms with Gasteiger partial charge in [-0.2, -0.15) is 5.26 Å². The highest BCUT2D eigenvalue weighted by Crippen LogP contribution is 2.24. The smallest absolute Gasteiger partial charge is 0.293 e. The molecule has 0 amide bonds. The van der Waals surface area contributed by atoms with Gasteiger partial charge in [-0.1, -0.05) is 6.07 Å². The molecule has 0 saturated heterocycles. The molecule has 2 aromatic rings. The van der Waals surface area contributed by atoms with Crippen LogP contribution < -0.4 is 11.3 Å². The van der Waals surface area contributed by atoms with Crippen molar-refractivity contribution in [3.05, 3.63) is 46.0 Å². The van der Waals surface area contributed by atoms with Crippen LogP contribution in [0.2, 0.25) is 0 Å². The molecule has 0 fully saturated rings. The average Bonchev–Trinajstić information content (AvgIpc) is 2.86. The molecule has 0 spiro atoms. The Hall–Kier alpha value is -2.99. The Labute approximate surface area is 107 Å². The van der Waals surface area contributed by atoms with Crippen LogP contribution in [0.4, 0.5) is 11.4 Å². The average molecular weight is 259 g/mol. The van der Waals surface area contributed by atoms with E-state index < -0.39 is 4.92 Å². The van der Waals surface area contributed by atoms with E-state index in [0.29, 0.717) is 5.56 Å². The van der Waals surface area contributed by atoms with Gasteiger partial charge in [-0.3, -0.25) is 16.0 Å². The first kappa shape index (κ1) is 12.5. The van der Waals surface area contributed by atoms with E-state index in [4.69, 9.17) is 11.1 Å². The fourth-order valence-corrected chi connectivity index (χ4v) is 1.56. The van der Waals surface area contributed by atoms with E-state index in [-0.39, 0.29) is 23.7 Å². The Morgan fingerprint density at radius 2 is 2.37 bits per heavy atom.